The normalized spacial score (nSPS) is 26.0. The molecule has 0 aromatic rings. The van der Waals surface area contributed by atoms with E-state index in [1.807, 2.05) is 12.2 Å². The van der Waals surface area contributed by atoms with Crippen molar-refractivity contribution in [3.63, 3.8) is 0 Å². The zero-order chi connectivity index (χ0) is 52.4. The van der Waals surface area contributed by atoms with E-state index in [-0.39, 0.29) is 19.4 Å². The molecule has 0 saturated carbocycles. The van der Waals surface area contributed by atoms with Gasteiger partial charge in [0.05, 0.1) is 19.8 Å². The quantitative estimate of drug-likeness (QED) is 0.0178. The van der Waals surface area contributed by atoms with E-state index in [1.54, 1.807) is 0 Å². The first kappa shape index (κ1) is 64.0. The second kappa shape index (κ2) is 42.3. The van der Waals surface area contributed by atoms with E-state index >= 15 is 0 Å². The smallest absolute Gasteiger partial charge is 0.306 e. The molecule has 7 N–H and O–H groups in total. The Morgan fingerprint density at radius 2 is 0.903 bits per heavy atom. The first-order chi connectivity index (χ1) is 35.0. The van der Waals surface area contributed by atoms with Crippen molar-refractivity contribution in [1.82, 2.24) is 0 Å². The lowest BCUT2D eigenvalue weighted by atomic mass is 9.98. The summed E-state index contributed by atoms with van der Waals surface area (Å²) in [7, 11) is 0. The minimum absolute atomic E-state index is 0.0771. The van der Waals surface area contributed by atoms with Crippen LogP contribution in [0, 0.1) is 0 Å². The van der Waals surface area contributed by atoms with Crippen LogP contribution in [0.5, 0.6) is 0 Å². The van der Waals surface area contributed by atoms with E-state index in [1.165, 1.54) is 0 Å². The summed E-state index contributed by atoms with van der Waals surface area (Å²) in [4.78, 5) is 25.8. The number of hydrogen-bond acceptors (Lipinski definition) is 15. The average Bonchev–Trinajstić information content (AvgIpc) is 3.37. The third-order valence-corrected chi connectivity index (χ3v) is 11.4. The van der Waals surface area contributed by atoms with Crippen LogP contribution in [0.2, 0.25) is 0 Å². The molecule has 2 saturated heterocycles. The van der Waals surface area contributed by atoms with Crippen LogP contribution in [0.3, 0.4) is 0 Å². The van der Waals surface area contributed by atoms with Crippen LogP contribution in [0.4, 0.5) is 0 Å². The zero-order valence-corrected chi connectivity index (χ0v) is 42.9. The molecule has 2 fully saturated rings. The number of allylic oxidation sites excluding steroid dienone is 20. The fourth-order valence-electron chi connectivity index (χ4n) is 7.17. The highest BCUT2D eigenvalue weighted by Crippen LogP contribution is 2.26. The number of unbranched alkanes of at least 4 members (excludes halogenated alkanes) is 4. The molecule has 0 aliphatic carbocycles. The summed E-state index contributed by atoms with van der Waals surface area (Å²) >= 11 is 0. The van der Waals surface area contributed by atoms with Crippen LogP contribution >= 0.6 is 0 Å². The van der Waals surface area contributed by atoms with Crippen LogP contribution in [0.25, 0.3) is 0 Å². The van der Waals surface area contributed by atoms with Crippen molar-refractivity contribution < 1.29 is 73.8 Å². The van der Waals surface area contributed by atoms with Crippen molar-refractivity contribution >= 4 is 11.9 Å². The number of aliphatic hydroxyl groups excluding tert-OH is 7. The van der Waals surface area contributed by atoms with Crippen molar-refractivity contribution in [2.75, 3.05) is 26.4 Å². The van der Waals surface area contributed by atoms with Gasteiger partial charge in [-0.25, -0.2) is 0 Å². The van der Waals surface area contributed by atoms with Gasteiger partial charge in [-0.2, -0.15) is 0 Å². The number of carbonyl (C=O) groups excluding carboxylic acids is 2. The predicted molar refractivity (Wildman–Crippen MR) is 279 cm³/mol. The van der Waals surface area contributed by atoms with Crippen LogP contribution in [0.15, 0.2) is 122 Å². The summed E-state index contributed by atoms with van der Waals surface area (Å²) in [6.07, 6.45) is 39.5. The molecule has 2 heterocycles. The molecule has 15 heteroatoms. The summed E-state index contributed by atoms with van der Waals surface area (Å²) in [5, 5.41) is 72.1. The molecule has 0 aromatic heterocycles. The lowest BCUT2D eigenvalue weighted by molar-refractivity contribution is -0.332. The fraction of sp³-hybridized carbons (Fsp3) is 0.614. The van der Waals surface area contributed by atoms with Crippen LogP contribution in [-0.4, -0.2) is 142 Å². The number of carbonyl (C=O) groups is 2. The Hall–Kier alpha value is -4.10. The zero-order valence-electron chi connectivity index (χ0n) is 42.9. The van der Waals surface area contributed by atoms with Gasteiger partial charge in [-0.05, 0) is 89.9 Å². The van der Waals surface area contributed by atoms with Gasteiger partial charge < -0.3 is 64.2 Å². The Labute approximate surface area is 429 Å². The number of rotatable bonds is 38. The Balaban J connectivity index is 1.86. The molecule has 11 atom stereocenters. The third kappa shape index (κ3) is 29.6. The summed E-state index contributed by atoms with van der Waals surface area (Å²) in [5.74, 6) is -1.07. The minimum Gasteiger partial charge on any atom is -0.462 e. The lowest BCUT2D eigenvalue weighted by Gasteiger charge is -2.42. The van der Waals surface area contributed by atoms with Gasteiger partial charge in [0.2, 0.25) is 0 Å². The monoisotopic (exact) mass is 1010 g/mol. The molecule has 15 nitrogen and oxygen atoms in total. The number of hydrogen-bond donors (Lipinski definition) is 7. The maximum Gasteiger partial charge on any atom is 0.306 e. The molecule has 0 amide bonds. The van der Waals surface area contributed by atoms with Crippen molar-refractivity contribution in [3.8, 4) is 0 Å². The fourth-order valence-corrected chi connectivity index (χ4v) is 7.17. The molecule has 406 valence electrons. The molecule has 72 heavy (non-hydrogen) atoms. The average molecular weight is 1010 g/mol. The van der Waals surface area contributed by atoms with Crippen molar-refractivity contribution in [2.24, 2.45) is 0 Å². The molecule has 2 aliphatic rings. The van der Waals surface area contributed by atoms with Crippen LogP contribution in [0.1, 0.15) is 129 Å². The predicted octanol–water partition coefficient (Wildman–Crippen LogP) is 7.71. The molecule has 0 spiro atoms. The first-order valence-corrected chi connectivity index (χ1v) is 26.1. The molecule has 2 aliphatic heterocycles. The van der Waals surface area contributed by atoms with Gasteiger partial charge in [0.1, 0.15) is 55.4 Å². The van der Waals surface area contributed by atoms with Gasteiger partial charge in [-0.3, -0.25) is 9.59 Å². The van der Waals surface area contributed by atoms with Gasteiger partial charge in [-0.1, -0.05) is 148 Å². The summed E-state index contributed by atoms with van der Waals surface area (Å²) in [6.45, 7) is 2.26. The second-order valence-corrected chi connectivity index (χ2v) is 17.6. The molecule has 0 radical (unpaired) electrons. The standard InChI is InChI=1S/C57H88O15/c1-3-5-7-9-11-13-15-17-19-21-22-24-25-27-29-31-33-35-37-39-48(59)67-42-45(70-49(60)40-38-36-34-32-30-28-26-23-20-18-16-14-12-10-8-6-4-2)43-68-56-55(66)53(64)51(62)47(72-56)44-69-57-54(65)52(63)50(61)46(41-58)71-57/h5,7-8,10-11,13-14,16-17,19-20,22-24,27-30,33,35,45-47,50-58,61-66H,3-4,6,9,12,15,18,21,25-26,31-32,34,36-44H2,1-2H3/b7-5+,10-8+,13-11+,16-14+,19-17+,23-20+,24-22+,29-27+,30-28+,35-33+/t45-,46+,47+,50-,51-,52?,53?,54?,55?,56+,57+/m0/s1. The Kier molecular flexibility index (Phi) is 37.6. The van der Waals surface area contributed by atoms with E-state index in [4.69, 9.17) is 28.4 Å². The van der Waals surface area contributed by atoms with Gasteiger partial charge in [-0.15, -0.1) is 0 Å². The molecule has 0 bridgehead atoms. The number of ether oxygens (including phenoxy) is 6. The minimum atomic E-state index is -1.79. The summed E-state index contributed by atoms with van der Waals surface area (Å²) in [6, 6.07) is 0. The topological polar surface area (TPSA) is 231 Å². The Morgan fingerprint density at radius 3 is 1.40 bits per heavy atom. The highest BCUT2D eigenvalue weighted by Gasteiger charge is 2.47. The highest BCUT2D eigenvalue weighted by molar-refractivity contribution is 5.70. The Bertz CT molecular complexity index is 1710. The number of esters is 2. The van der Waals surface area contributed by atoms with E-state index in [0.29, 0.717) is 19.3 Å². The van der Waals surface area contributed by atoms with Gasteiger partial charge in [0, 0.05) is 12.8 Å². The second-order valence-electron chi connectivity index (χ2n) is 17.6. The third-order valence-electron chi connectivity index (χ3n) is 11.4. The summed E-state index contributed by atoms with van der Waals surface area (Å²) < 4.78 is 33.5. The maximum absolute atomic E-state index is 13.0. The van der Waals surface area contributed by atoms with Crippen LogP contribution in [-0.2, 0) is 38.0 Å². The largest absolute Gasteiger partial charge is 0.462 e. The van der Waals surface area contributed by atoms with E-state index in [2.05, 4.69) is 123 Å². The van der Waals surface area contributed by atoms with Gasteiger partial charge >= 0.3 is 11.9 Å². The van der Waals surface area contributed by atoms with E-state index in [9.17, 15) is 45.3 Å². The first-order valence-electron chi connectivity index (χ1n) is 26.1. The van der Waals surface area contributed by atoms with Crippen molar-refractivity contribution in [2.45, 2.75) is 197 Å². The SMILES string of the molecule is CC/C=C/C/C=C/C/C=C/C/C=C/C/C=C/C/C=C/CCC(=O)OC[C@@H](CO[C@@H]1O[C@H](CO[C@@H]2O[C@H](CO)[C@H](O)C(O)C2O)[C@H](O)C(O)C1O)OC(=O)CCCCC/C=C/C/C=C/C/C=C/C/C=C/CCC. The lowest BCUT2D eigenvalue weighted by Crippen LogP contribution is -2.61. The molecular weight excluding hydrogens is 925 g/mol. The molecule has 4 unspecified atom stereocenters. The van der Waals surface area contributed by atoms with Crippen molar-refractivity contribution in [3.05, 3.63) is 122 Å². The molecule has 0 aromatic carbocycles. The highest BCUT2D eigenvalue weighted by atomic mass is 16.7. The van der Waals surface area contributed by atoms with Crippen LogP contribution < -0.4 is 0 Å². The molecule has 2 rings (SSSR count). The van der Waals surface area contributed by atoms with Crippen molar-refractivity contribution in [1.29, 1.82) is 0 Å². The maximum atomic E-state index is 13.0. The number of aliphatic hydroxyl groups is 7. The molecular formula is C57H88O15. The van der Waals surface area contributed by atoms with E-state index < -0.39 is 99.3 Å². The van der Waals surface area contributed by atoms with Gasteiger partial charge in [0.15, 0.2) is 18.7 Å². The summed E-state index contributed by atoms with van der Waals surface area (Å²) in [5.41, 5.74) is 0. The van der Waals surface area contributed by atoms with Gasteiger partial charge in [0.25, 0.3) is 0 Å². The Morgan fingerprint density at radius 1 is 0.458 bits per heavy atom. The van der Waals surface area contributed by atoms with E-state index in [0.717, 1.165) is 83.5 Å².